The van der Waals surface area contributed by atoms with E-state index in [-0.39, 0.29) is 16.7 Å². The van der Waals surface area contributed by atoms with Gasteiger partial charge in [0.2, 0.25) is 21.8 Å². The molecule has 2 fully saturated rings. The number of carbonyl (C=O) groups excluding carboxylic acids is 2. The molecule has 2 heterocycles. The van der Waals surface area contributed by atoms with E-state index in [0.29, 0.717) is 43.3 Å². The first-order chi connectivity index (χ1) is 14.6. The Bertz CT molecular complexity index is 923. The molecule has 172 valence electrons. The maximum Gasteiger partial charge on any atom is 0.241 e. The number of nitrogens with zero attached hydrogens (tertiary/aromatic N) is 3. The van der Waals surface area contributed by atoms with Gasteiger partial charge in [-0.05, 0) is 58.2 Å². The number of hydrogen-bond acceptors (Lipinski definition) is 5. The minimum atomic E-state index is -3.92. The van der Waals surface area contributed by atoms with Crippen LogP contribution in [0.3, 0.4) is 0 Å². The van der Waals surface area contributed by atoms with Gasteiger partial charge in [-0.2, -0.15) is 4.72 Å². The van der Waals surface area contributed by atoms with Gasteiger partial charge in [0.15, 0.2) is 0 Å². The van der Waals surface area contributed by atoms with Gasteiger partial charge in [0.25, 0.3) is 0 Å². The number of hydrogen-bond donors (Lipinski definition) is 1. The van der Waals surface area contributed by atoms with Gasteiger partial charge in [0.1, 0.15) is 0 Å². The van der Waals surface area contributed by atoms with Crippen molar-refractivity contribution in [3.05, 3.63) is 23.8 Å². The van der Waals surface area contributed by atoms with E-state index in [4.69, 9.17) is 0 Å². The third-order valence-corrected chi connectivity index (χ3v) is 7.90. The van der Waals surface area contributed by atoms with Gasteiger partial charge in [0, 0.05) is 50.9 Å². The van der Waals surface area contributed by atoms with Crippen LogP contribution in [0.2, 0.25) is 0 Å². The molecular formula is C22H34N4O4S. The molecule has 0 unspecified atom stereocenters. The van der Waals surface area contributed by atoms with Crippen molar-refractivity contribution in [2.75, 3.05) is 37.6 Å². The standard InChI is InChI=1S/C22H34N4O4S/c1-16(2)24-12-14-25(15-13-24)22(28)18(4)23-31(29,30)20-9-7-8-19(17(20)3)26-11-6-5-10-21(26)27/h7-9,16,18,23H,5-6,10-15H2,1-4H3/t18-/m0/s1. The van der Waals surface area contributed by atoms with Gasteiger partial charge < -0.3 is 9.80 Å². The lowest BCUT2D eigenvalue weighted by molar-refractivity contribution is -0.134. The molecule has 2 aliphatic heterocycles. The third-order valence-electron chi connectivity index (χ3n) is 6.22. The van der Waals surface area contributed by atoms with Gasteiger partial charge in [0.05, 0.1) is 10.9 Å². The Hall–Kier alpha value is -1.97. The van der Waals surface area contributed by atoms with E-state index in [0.717, 1.165) is 25.9 Å². The molecule has 2 amide bonds. The molecule has 1 aromatic carbocycles. The highest BCUT2D eigenvalue weighted by molar-refractivity contribution is 7.89. The molecular weight excluding hydrogens is 416 g/mol. The summed E-state index contributed by atoms with van der Waals surface area (Å²) in [6.45, 7) is 10.9. The lowest BCUT2D eigenvalue weighted by atomic mass is 10.1. The first-order valence-electron chi connectivity index (χ1n) is 11.1. The average molecular weight is 451 g/mol. The molecule has 0 bridgehead atoms. The number of rotatable bonds is 6. The lowest BCUT2D eigenvalue weighted by Gasteiger charge is -2.37. The van der Waals surface area contributed by atoms with Gasteiger partial charge in [-0.25, -0.2) is 8.42 Å². The van der Waals surface area contributed by atoms with Crippen LogP contribution in [-0.4, -0.2) is 74.8 Å². The van der Waals surface area contributed by atoms with Crippen LogP contribution in [0.25, 0.3) is 0 Å². The SMILES string of the molecule is Cc1c(N2CCCCC2=O)cccc1S(=O)(=O)N[C@@H](C)C(=O)N1CCN(C(C)C)CC1. The Morgan fingerprint density at radius 2 is 1.71 bits per heavy atom. The van der Waals surface area contributed by atoms with Crippen LogP contribution in [0.5, 0.6) is 0 Å². The first kappa shape index (κ1) is 23.7. The van der Waals surface area contributed by atoms with Crippen LogP contribution in [0, 0.1) is 6.92 Å². The molecule has 1 aromatic rings. The van der Waals surface area contributed by atoms with Crippen molar-refractivity contribution >= 4 is 27.5 Å². The molecule has 8 nitrogen and oxygen atoms in total. The molecule has 1 N–H and O–H groups in total. The number of piperazine rings is 1. The summed E-state index contributed by atoms with van der Waals surface area (Å²) in [5.74, 6) is -0.201. The molecule has 0 aromatic heterocycles. The number of benzene rings is 1. The molecule has 9 heteroatoms. The van der Waals surface area contributed by atoms with E-state index in [9.17, 15) is 18.0 Å². The molecule has 0 aliphatic carbocycles. The molecule has 31 heavy (non-hydrogen) atoms. The molecule has 2 aliphatic rings. The Kier molecular flexibility index (Phi) is 7.39. The summed E-state index contributed by atoms with van der Waals surface area (Å²) in [6.07, 6.45) is 2.24. The number of carbonyl (C=O) groups is 2. The van der Waals surface area contributed by atoms with Crippen LogP contribution in [0.4, 0.5) is 5.69 Å². The van der Waals surface area contributed by atoms with E-state index in [2.05, 4.69) is 23.5 Å². The smallest absolute Gasteiger partial charge is 0.241 e. The number of sulfonamides is 1. The van der Waals surface area contributed by atoms with Crippen LogP contribution >= 0.6 is 0 Å². The second-order valence-electron chi connectivity index (χ2n) is 8.70. The number of amides is 2. The van der Waals surface area contributed by atoms with Crippen molar-refractivity contribution in [1.29, 1.82) is 0 Å². The van der Waals surface area contributed by atoms with Crippen LogP contribution in [0.1, 0.15) is 45.6 Å². The minimum absolute atomic E-state index is 0.0148. The third kappa shape index (κ3) is 5.27. The summed E-state index contributed by atoms with van der Waals surface area (Å²) in [6, 6.07) is 4.51. The zero-order valence-electron chi connectivity index (χ0n) is 18.9. The largest absolute Gasteiger partial charge is 0.339 e. The average Bonchev–Trinajstić information content (AvgIpc) is 2.73. The zero-order valence-corrected chi connectivity index (χ0v) is 19.7. The first-order valence-corrected chi connectivity index (χ1v) is 12.6. The second-order valence-corrected chi connectivity index (χ2v) is 10.4. The molecule has 3 rings (SSSR count). The summed E-state index contributed by atoms with van der Waals surface area (Å²) >= 11 is 0. The fourth-order valence-corrected chi connectivity index (χ4v) is 5.78. The minimum Gasteiger partial charge on any atom is -0.339 e. The normalized spacial score (nSPS) is 19.7. The summed E-state index contributed by atoms with van der Waals surface area (Å²) in [4.78, 5) is 31.0. The highest BCUT2D eigenvalue weighted by Gasteiger charge is 2.30. The molecule has 1 atom stereocenters. The van der Waals surface area contributed by atoms with Gasteiger partial charge >= 0.3 is 0 Å². The Morgan fingerprint density at radius 3 is 2.32 bits per heavy atom. The summed E-state index contributed by atoms with van der Waals surface area (Å²) < 4.78 is 28.8. The number of anilines is 1. The van der Waals surface area contributed by atoms with Crippen molar-refractivity contribution < 1.29 is 18.0 Å². The van der Waals surface area contributed by atoms with E-state index < -0.39 is 16.1 Å². The van der Waals surface area contributed by atoms with Crippen molar-refractivity contribution in [3.63, 3.8) is 0 Å². The number of piperidine rings is 1. The monoisotopic (exact) mass is 450 g/mol. The zero-order chi connectivity index (χ0) is 22.8. The highest BCUT2D eigenvalue weighted by Crippen LogP contribution is 2.29. The van der Waals surface area contributed by atoms with E-state index in [1.807, 2.05) is 0 Å². The van der Waals surface area contributed by atoms with E-state index >= 15 is 0 Å². The van der Waals surface area contributed by atoms with Crippen LogP contribution in [-0.2, 0) is 19.6 Å². The Morgan fingerprint density at radius 1 is 1.03 bits per heavy atom. The lowest BCUT2D eigenvalue weighted by Crippen LogP contribution is -2.55. The van der Waals surface area contributed by atoms with Crippen molar-refractivity contribution in [1.82, 2.24) is 14.5 Å². The van der Waals surface area contributed by atoms with Crippen LogP contribution in [0.15, 0.2) is 23.1 Å². The predicted molar refractivity (Wildman–Crippen MR) is 120 cm³/mol. The topological polar surface area (TPSA) is 90.0 Å². The fraction of sp³-hybridized carbons (Fsp3) is 0.636. The summed E-state index contributed by atoms with van der Waals surface area (Å²) in [5.41, 5.74) is 1.15. The molecule has 0 saturated carbocycles. The van der Waals surface area contributed by atoms with Crippen molar-refractivity contribution in [2.24, 2.45) is 0 Å². The highest BCUT2D eigenvalue weighted by atomic mass is 32.2. The second kappa shape index (κ2) is 9.67. The van der Waals surface area contributed by atoms with E-state index in [1.54, 1.807) is 35.8 Å². The van der Waals surface area contributed by atoms with Gasteiger partial charge in [-0.1, -0.05) is 6.07 Å². The maximum atomic E-state index is 13.1. The van der Waals surface area contributed by atoms with E-state index in [1.165, 1.54) is 6.07 Å². The van der Waals surface area contributed by atoms with Crippen LogP contribution < -0.4 is 9.62 Å². The predicted octanol–water partition coefficient (Wildman–Crippen LogP) is 1.73. The summed E-state index contributed by atoms with van der Waals surface area (Å²) in [5, 5.41) is 0. The Labute approximate surface area is 185 Å². The Balaban J connectivity index is 1.72. The molecule has 0 spiro atoms. The summed E-state index contributed by atoms with van der Waals surface area (Å²) in [7, 11) is -3.92. The maximum absolute atomic E-state index is 13.1. The quantitative estimate of drug-likeness (QED) is 0.713. The van der Waals surface area contributed by atoms with Crippen molar-refractivity contribution in [2.45, 2.75) is 63.9 Å². The fourth-order valence-electron chi connectivity index (χ4n) is 4.33. The van der Waals surface area contributed by atoms with Gasteiger partial charge in [-0.15, -0.1) is 0 Å². The molecule has 2 saturated heterocycles. The van der Waals surface area contributed by atoms with Crippen molar-refractivity contribution in [3.8, 4) is 0 Å². The van der Waals surface area contributed by atoms with Gasteiger partial charge in [-0.3, -0.25) is 14.5 Å². The molecule has 0 radical (unpaired) electrons. The number of nitrogens with one attached hydrogen (secondary N) is 1.